The van der Waals surface area contributed by atoms with Gasteiger partial charge in [0.15, 0.2) is 0 Å². The summed E-state index contributed by atoms with van der Waals surface area (Å²) in [5.74, 6) is 2.62. The van der Waals surface area contributed by atoms with Crippen molar-refractivity contribution in [2.45, 2.75) is 39.5 Å². The lowest BCUT2D eigenvalue weighted by Crippen LogP contribution is -2.11. The molecule has 1 aromatic carbocycles. The summed E-state index contributed by atoms with van der Waals surface area (Å²) in [6.07, 6.45) is 8.17. The molecule has 0 aliphatic rings. The summed E-state index contributed by atoms with van der Waals surface area (Å²) in [5.41, 5.74) is 3.10. The van der Waals surface area contributed by atoms with Crippen molar-refractivity contribution in [2.24, 2.45) is 0 Å². The maximum atomic E-state index is 11.7. The molecule has 0 bridgehead atoms. The van der Waals surface area contributed by atoms with Crippen molar-refractivity contribution >= 4 is 27.5 Å². The van der Waals surface area contributed by atoms with Gasteiger partial charge >= 0.3 is 0 Å². The molecule has 0 fully saturated rings. The SMILES string of the molecule is C#CCCCCC(=O)Nc1cc(C)c(Br)c(C)c1. The first-order chi connectivity index (χ1) is 8.54. The van der Waals surface area contributed by atoms with Crippen LogP contribution < -0.4 is 5.32 Å². The number of hydrogen-bond acceptors (Lipinski definition) is 1. The average molecular weight is 308 g/mol. The van der Waals surface area contributed by atoms with Gasteiger partial charge in [-0.2, -0.15) is 0 Å². The minimum absolute atomic E-state index is 0.0492. The first-order valence-electron chi connectivity index (χ1n) is 6.04. The Morgan fingerprint density at radius 3 is 2.50 bits per heavy atom. The molecule has 0 aliphatic heterocycles. The zero-order valence-corrected chi connectivity index (χ0v) is 12.4. The quantitative estimate of drug-likeness (QED) is 0.641. The molecule has 0 saturated heterocycles. The Kier molecular flexibility index (Phi) is 5.94. The third kappa shape index (κ3) is 4.54. The van der Waals surface area contributed by atoms with E-state index in [4.69, 9.17) is 6.42 Å². The van der Waals surface area contributed by atoms with E-state index in [1.54, 1.807) is 0 Å². The number of amides is 1. The van der Waals surface area contributed by atoms with Gasteiger partial charge in [0.05, 0.1) is 0 Å². The molecule has 3 heteroatoms. The van der Waals surface area contributed by atoms with Gasteiger partial charge in [-0.25, -0.2) is 0 Å². The number of rotatable bonds is 5. The highest BCUT2D eigenvalue weighted by atomic mass is 79.9. The molecular formula is C15H18BrNO. The van der Waals surface area contributed by atoms with Crippen molar-refractivity contribution in [3.05, 3.63) is 27.7 Å². The Morgan fingerprint density at radius 2 is 1.94 bits per heavy atom. The molecule has 0 unspecified atom stereocenters. The smallest absolute Gasteiger partial charge is 0.224 e. The number of anilines is 1. The van der Waals surface area contributed by atoms with Crippen LogP contribution in [0.5, 0.6) is 0 Å². The lowest BCUT2D eigenvalue weighted by atomic mass is 10.1. The maximum absolute atomic E-state index is 11.7. The molecule has 0 saturated carbocycles. The fourth-order valence-corrected chi connectivity index (χ4v) is 1.98. The predicted molar refractivity (Wildman–Crippen MR) is 79.5 cm³/mol. The molecule has 1 amide bonds. The summed E-state index contributed by atoms with van der Waals surface area (Å²) < 4.78 is 1.09. The van der Waals surface area contributed by atoms with Crippen LogP contribution in [0.1, 0.15) is 36.8 Å². The van der Waals surface area contributed by atoms with Gasteiger partial charge in [0.2, 0.25) is 5.91 Å². The van der Waals surface area contributed by atoms with Crippen LogP contribution in [0.3, 0.4) is 0 Å². The maximum Gasteiger partial charge on any atom is 0.224 e. The highest BCUT2D eigenvalue weighted by Crippen LogP contribution is 2.25. The molecule has 0 radical (unpaired) electrons. The van der Waals surface area contributed by atoms with Crippen molar-refractivity contribution in [1.29, 1.82) is 0 Å². The zero-order chi connectivity index (χ0) is 13.5. The van der Waals surface area contributed by atoms with E-state index in [-0.39, 0.29) is 5.91 Å². The van der Waals surface area contributed by atoms with E-state index in [9.17, 15) is 4.79 Å². The third-order valence-corrected chi connectivity index (χ3v) is 3.95. The van der Waals surface area contributed by atoms with Crippen LogP contribution in [0.2, 0.25) is 0 Å². The molecule has 0 atom stereocenters. The van der Waals surface area contributed by atoms with E-state index in [0.29, 0.717) is 6.42 Å². The van der Waals surface area contributed by atoms with Crippen molar-refractivity contribution < 1.29 is 4.79 Å². The fourth-order valence-electron chi connectivity index (χ4n) is 1.75. The van der Waals surface area contributed by atoms with Crippen molar-refractivity contribution in [2.75, 3.05) is 5.32 Å². The van der Waals surface area contributed by atoms with Gasteiger partial charge in [-0.1, -0.05) is 15.9 Å². The van der Waals surface area contributed by atoms with Gasteiger partial charge in [0.1, 0.15) is 0 Å². The standard InChI is InChI=1S/C15H18BrNO/c1-4-5-6-7-8-14(18)17-13-9-11(2)15(16)12(3)10-13/h1,9-10H,5-8H2,2-3H3,(H,17,18). The van der Waals surface area contributed by atoms with E-state index >= 15 is 0 Å². The number of unbranched alkanes of at least 4 members (excludes halogenated alkanes) is 2. The molecule has 96 valence electrons. The zero-order valence-electron chi connectivity index (χ0n) is 10.8. The first-order valence-corrected chi connectivity index (χ1v) is 6.84. The first kappa shape index (κ1) is 14.8. The lowest BCUT2D eigenvalue weighted by molar-refractivity contribution is -0.116. The molecule has 0 aliphatic carbocycles. The topological polar surface area (TPSA) is 29.1 Å². The van der Waals surface area contributed by atoms with Crippen molar-refractivity contribution in [1.82, 2.24) is 0 Å². The largest absolute Gasteiger partial charge is 0.326 e. The van der Waals surface area contributed by atoms with E-state index in [1.807, 2.05) is 26.0 Å². The number of terminal acetylenes is 1. The second-order valence-corrected chi connectivity index (χ2v) is 5.18. The van der Waals surface area contributed by atoms with Crippen molar-refractivity contribution in [3.63, 3.8) is 0 Å². The van der Waals surface area contributed by atoms with Crippen molar-refractivity contribution in [3.8, 4) is 12.3 Å². The van der Waals surface area contributed by atoms with Crippen LogP contribution in [0, 0.1) is 26.2 Å². The van der Waals surface area contributed by atoms with E-state index < -0.39 is 0 Å². The highest BCUT2D eigenvalue weighted by molar-refractivity contribution is 9.10. The number of aryl methyl sites for hydroxylation is 2. The second kappa shape index (κ2) is 7.23. The predicted octanol–water partition coefficient (Wildman–Crippen LogP) is 4.20. The van der Waals surface area contributed by atoms with Crippen LogP contribution in [0.15, 0.2) is 16.6 Å². The minimum Gasteiger partial charge on any atom is -0.326 e. The molecule has 2 nitrogen and oxygen atoms in total. The summed E-state index contributed by atoms with van der Waals surface area (Å²) in [6, 6.07) is 3.94. The molecular weight excluding hydrogens is 290 g/mol. The second-order valence-electron chi connectivity index (χ2n) is 4.38. The minimum atomic E-state index is 0.0492. The molecule has 0 aromatic heterocycles. The molecule has 1 aromatic rings. The molecule has 0 spiro atoms. The van der Waals surface area contributed by atoms with Gasteiger partial charge in [-0.05, 0) is 49.9 Å². The van der Waals surface area contributed by atoms with Crippen LogP contribution in [-0.2, 0) is 4.79 Å². The number of hydrogen-bond donors (Lipinski definition) is 1. The number of halogens is 1. The summed E-state index contributed by atoms with van der Waals surface area (Å²) >= 11 is 3.51. The number of carbonyl (C=O) groups is 1. The number of carbonyl (C=O) groups excluding carboxylic acids is 1. The Hall–Kier alpha value is -1.27. The van der Waals surface area contributed by atoms with E-state index in [2.05, 4.69) is 27.2 Å². The van der Waals surface area contributed by atoms with Gasteiger partial charge in [-0.15, -0.1) is 12.3 Å². The molecule has 1 rings (SSSR count). The summed E-state index contributed by atoms with van der Waals surface area (Å²) in [6.45, 7) is 4.03. The van der Waals surface area contributed by atoms with Gasteiger partial charge in [-0.3, -0.25) is 4.79 Å². The van der Waals surface area contributed by atoms with E-state index in [0.717, 1.165) is 40.5 Å². The number of benzene rings is 1. The third-order valence-electron chi connectivity index (χ3n) is 2.70. The summed E-state index contributed by atoms with van der Waals surface area (Å²) in [4.78, 5) is 11.7. The van der Waals surface area contributed by atoms with Crippen LogP contribution in [0.25, 0.3) is 0 Å². The average Bonchev–Trinajstić information content (AvgIpc) is 2.31. The lowest BCUT2D eigenvalue weighted by Gasteiger charge is -2.09. The van der Waals surface area contributed by atoms with Crippen LogP contribution in [0.4, 0.5) is 5.69 Å². The van der Waals surface area contributed by atoms with Gasteiger partial charge in [0.25, 0.3) is 0 Å². The Morgan fingerprint density at radius 1 is 1.33 bits per heavy atom. The van der Waals surface area contributed by atoms with E-state index in [1.165, 1.54) is 0 Å². The fraction of sp³-hybridized carbons (Fsp3) is 0.400. The number of nitrogens with one attached hydrogen (secondary N) is 1. The summed E-state index contributed by atoms with van der Waals surface area (Å²) in [5, 5.41) is 2.92. The Labute approximate surface area is 117 Å². The molecule has 1 N–H and O–H groups in total. The Bertz CT molecular complexity index is 451. The summed E-state index contributed by atoms with van der Waals surface area (Å²) in [7, 11) is 0. The Balaban J connectivity index is 2.52. The highest BCUT2D eigenvalue weighted by Gasteiger charge is 2.05. The van der Waals surface area contributed by atoms with Gasteiger partial charge in [0, 0.05) is 23.0 Å². The molecule has 0 heterocycles. The molecule has 18 heavy (non-hydrogen) atoms. The normalized spacial score (nSPS) is 9.89. The monoisotopic (exact) mass is 307 g/mol. The van der Waals surface area contributed by atoms with Gasteiger partial charge < -0.3 is 5.32 Å². The van der Waals surface area contributed by atoms with Crippen LogP contribution >= 0.6 is 15.9 Å². The van der Waals surface area contributed by atoms with Crippen LogP contribution in [-0.4, -0.2) is 5.91 Å².